The molecule has 2 heteroatoms. The van der Waals surface area contributed by atoms with Gasteiger partial charge in [0.1, 0.15) is 11.5 Å². The first-order chi connectivity index (χ1) is 11.3. The van der Waals surface area contributed by atoms with Crippen molar-refractivity contribution >= 4 is 11.4 Å². The van der Waals surface area contributed by atoms with Crippen molar-refractivity contribution in [3.63, 3.8) is 0 Å². The summed E-state index contributed by atoms with van der Waals surface area (Å²) < 4.78 is 5.18. The molecule has 2 rings (SSSR count). The van der Waals surface area contributed by atoms with Gasteiger partial charge in [-0.2, -0.15) is 0 Å². The number of aliphatic imine (C=N–C) groups is 1. The van der Waals surface area contributed by atoms with Gasteiger partial charge in [-0.3, -0.25) is 0 Å². The van der Waals surface area contributed by atoms with E-state index in [4.69, 9.17) is 9.73 Å². The Bertz CT molecular complexity index is 675. The second kappa shape index (κ2) is 9.48. The van der Waals surface area contributed by atoms with Crippen LogP contribution < -0.4 is 4.74 Å². The van der Waals surface area contributed by atoms with E-state index < -0.39 is 0 Å². The van der Waals surface area contributed by atoms with E-state index in [1.165, 1.54) is 12.8 Å². The summed E-state index contributed by atoms with van der Waals surface area (Å²) in [6.07, 6.45) is 4.51. The molecule has 2 aromatic rings. The van der Waals surface area contributed by atoms with Crippen molar-refractivity contribution in [2.24, 2.45) is 4.99 Å². The van der Waals surface area contributed by atoms with Crippen LogP contribution in [0.25, 0.3) is 0 Å². The smallest absolute Gasteiger partial charge is 0.121 e. The molecule has 0 aliphatic rings. The highest BCUT2D eigenvalue weighted by Crippen LogP contribution is 2.19. The van der Waals surface area contributed by atoms with Gasteiger partial charge < -0.3 is 4.74 Å². The molecule has 0 bridgehead atoms. The maximum atomic E-state index is 5.18. The second-order valence-corrected chi connectivity index (χ2v) is 5.28. The van der Waals surface area contributed by atoms with Crippen molar-refractivity contribution in [2.75, 3.05) is 7.11 Å². The predicted molar refractivity (Wildman–Crippen MR) is 97.6 cm³/mol. The lowest BCUT2D eigenvalue weighted by molar-refractivity contribution is 0.415. The Balaban J connectivity index is 2.23. The molecule has 0 saturated carbocycles. The number of methoxy groups -OCH3 is 1. The molecule has 0 aromatic heterocycles. The van der Waals surface area contributed by atoms with Gasteiger partial charge in [0, 0.05) is 12.0 Å². The van der Waals surface area contributed by atoms with E-state index in [1.54, 1.807) is 7.11 Å². The van der Waals surface area contributed by atoms with Crippen LogP contribution in [0, 0.1) is 11.8 Å². The summed E-state index contributed by atoms with van der Waals surface area (Å²) in [6, 6.07) is 17.8. The molecule has 0 heterocycles. The minimum atomic E-state index is 0.812. The van der Waals surface area contributed by atoms with Gasteiger partial charge in [0.15, 0.2) is 0 Å². The van der Waals surface area contributed by atoms with Gasteiger partial charge in [-0.25, -0.2) is 4.99 Å². The van der Waals surface area contributed by atoms with Crippen LogP contribution in [0.3, 0.4) is 0 Å². The van der Waals surface area contributed by atoms with E-state index in [0.29, 0.717) is 0 Å². The van der Waals surface area contributed by atoms with Gasteiger partial charge >= 0.3 is 0 Å². The number of hydrogen-bond donors (Lipinski definition) is 0. The fraction of sp³-hybridized carbons (Fsp3) is 0.286. The number of hydrogen-bond acceptors (Lipinski definition) is 2. The van der Waals surface area contributed by atoms with Crippen LogP contribution in [0.1, 0.15) is 38.2 Å². The van der Waals surface area contributed by atoms with E-state index >= 15 is 0 Å². The molecule has 0 unspecified atom stereocenters. The highest BCUT2D eigenvalue weighted by molar-refractivity contribution is 6.14. The fourth-order valence-electron chi connectivity index (χ4n) is 2.16. The lowest BCUT2D eigenvalue weighted by Crippen LogP contribution is -1.96. The number of rotatable bonds is 6. The van der Waals surface area contributed by atoms with E-state index in [1.807, 2.05) is 54.6 Å². The molecule has 0 N–H and O–H groups in total. The average Bonchev–Trinajstić information content (AvgIpc) is 2.62. The summed E-state index contributed by atoms with van der Waals surface area (Å²) in [5, 5.41) is 0. The summed E-state index contributed by atoms with van der Waals surface area (Å²) in [7, 11) is 1.66. The molecule has 118 valence electrons. The fourth-order valence-corrected chi connectivity index (χ4v) is 2.16. The van der Waals surface area contributed by atoms with Crippen molar-refractivity contribution in [1.29, 1.82) is 0 Å². The van der Waals surface area contributed by atoms with Gasteiger partial charge in [-0.15, -0.1) is 0 Å². The number of unbranched alkanes of at least 4 members (excludes halogenated alkanes) is 3. The topological polar surface area (TPSA) is 21.6 Å². The van der Waals surface area contributed by atoms with E-state index in [0.717, 1.165) is 35.6 Å². The van der Waals surface area contributed by atoms with E-state index in [9.17, 15) is 0 Å². The largest absolute Gasteiger partial charge is 0.497 e. The van der Waals surface area contributed by atoms with Crippen LogP contribution >= 0.6 is 0 Å². The van der Waals surface area contributed by atoms with Crippen LogP contribution in [0.15, 0.2) is 59.6 Å². The monoisotopic (exact) mass is 305 g/mol. The first kappa shape index (κ1) is 16.8. The summed E-state index contributed by atoms with van der Waals surface area (Å²) in [6.45, 7) is 2.20. The van der Waals surface area contributed by atoms with Crippen LogP contribution in [0.4, 0.5) is 5.69 Å². The van der Waals surface area contributed by atoms with Crippen molar-refractivity contribution in [1.82, 2.24) is 0 Å². The zero-order valence-electron chi connectivity index (χ0n) is 13.9. The molecule has 0 amide bonds. The Hall–Kier alpha value is -2.53. The molecule has 0 aliphatic carbocycles. The molecule has 23 heavy (non-hydrogen) atoms. The Labute approximate surface area is 139 Å². The number of benzene rings is 2. The van der Waals surface area contributed by atoms with E-state index in [-0.39, 0.29) is 0 Å². The Morgan fingerprint density at radius 3 is 2.39 bits per heavy atom. The Kier molecular flexibility index (Phi) is 6.94. The standard InChI is InChI=1S/C21H23NO/c1-3-4-5-6-10-13-21(18-11-8-7-9-12-18)22-19-14-16-20(23-2)17-15-19/h7-9,11-12,14-17H,3-6H2,1-2H3. The third-order valence-corrected chi connectivity index (χ3v) is 3.47. The normalized spacial score (nSPS) is 10.8. The minimum Gasteiger partial charge on any atom is -0.497 e. The SMILES string of the molecule is CCCCCC#CC(=Nc1ccc(OC)cc1)c1ccccc1. The molecule has 0 aliphatic heterocycles. The first-order valence-corrected chi connectivity index (χ1v) is 8.10. The average molecular weight is 305 g/mol. The number of nitrogens with zero attached hydrogens (tertiary/aromatic N) is 1. The van der Waals surface area contributed by atoms with Gasteiger partial charge in [-0.1, -0.05) is 56.0 Å². The first-order valence-electron chi connectivity index (χ1n) is 8.10. The molecule has 2 nitrogen and oxygen atoms in total. The zero-order valence-corrected chi connectivity index (χ0v) is 13.9. The van der Waals surface area contributed by atoms with Crippen LogP contribution in [-0.2, 0) is 0 Å². The van der Waals surface area contributed by atoms with Crippen molar-refractivity contribution in [2.45, 2.75) is 32.6 Å². The summed E-state index contributed by atoms with van der Waals surface area (Å²) in [4.78, 5) is 4.71. The van der Waals surface area contributed by atoms with Gasteiger partial charge in [-0.05, 0) is 36.6 Å². The molecule has 0 saturated heterocycles. The predicted octanol–water partition coefficient (Wildman–Crippen LogP) is 5.40. The zero-order chi connectivity index (χ0) is 16.3. The molecule has 0 radical (unpaired) electrons. The quantitative estimate of drug-likeness (QED) is 0.398. The van der Waals surface area contributed by atoms with Gasteiger partial charge in [0.2, 0.25) is 0 Å². The highest BCUT2D eigenvalue weighted by atomic mass is 16.5. The highest BCUT2D eigenvalue weighted by Gasteiger charge is 2.00. The molecule has 2 aromatic carbocycles. The Morgan fingerprint density at radius 2 is 1.74 bits per heavy atom. The Morgan fingerprint density at radius 1 is 1.00 bits per heavy atom. The van der Waals surface area contributed by atoms with Crippen LogP contribution in [0.5, 0.6) is 5.75 Å². The van der Waals surface area contributed by atoms with Crippen molar-refractivity contribution in [3.05, 3.63) is 60.2 Å². The third-order valence-electron chi connectivity index (χ3n) is 3.47. The summed E-state index contributed by atoms with van der Waals surface area (Å²) >= 11 is 0. The summed E-state index contributed by atoms with van der Waals surface area (Å²) in [5.41, 5.74) is 2.74. The lowest BCUT2D eigenvalue weighted by Gasteiger charge is -2.02. The van der Waals surface area contributed by atoms with Gasteiger partial charge in [0.25, 0.3) is 0 Å². The lowest BCUT2D eigenvalue weighted by atomic mass is 10.1. The molecular formula is C21H23NO. The third kappa shape index (κ3) is 5.64. The molecule has 0 atom stereocenters. The van der Waals surface area contributed by atoms with Crippen molar-refractivity contribution < 1.29 is 4.74 Å². The molecule has 0 fully saturated rings. The van der Waals surface area contributed by atoms with Crippen LogP contribution in [-0.4, -0.2) is 12.8 Å². The van der Waals surface area contributed by atoms with Gasteiger partial charge in [0.05, 0.1) is 12.8 Å². The summed E-state index contributed by atoms with van der Waals surface area (Å²) in [5.74, 6) is 7.33. The molecular weight excluding hydrogens is 282 g/mol. The molecule has 0 spiro atoms. The second-order valence-electron chi connectivity index (χ2n) is 5.28. The maximum absolute atomic E-state index is 5.18. The maximum Gasteiger partial charge on any atom is 0.121 e. The minimum absolute atomic E-state index is 0.812. The van der Waals surface area contributed by atoms with E-state index in [2.05, 4.69) is 18.8 Å². The number of ether oxygens (including phenoxy) is 1. The van der Waals surface area contributed by atoms with Crippen molar-refractivity contribution in [3.8, 4) is 17.6 Å². The van der Waals surface area contributed by atoms with Crippen LogP contribution in [0.2, 0.25) is 0 Å².